The lowest BCUT2D eigenvalue weighted by Gasteiger charge is -2.19. The summed E-state index contributed by atoms with van der Waals surface area (Å²) in [7, 11) is 0. The van der Waals surface area contributed by atoms with Crippen LogP contribution in [0.2, 0.25) is 0 Å². The van der Waals surface area contributed by atoms with E-state index in [2.05, 4.69) is 15.8 Å². The number of aromatic nitrogens is 1. The van der Waals surface area contributed by atoms with Crippen LogP contribution in [0.15, 0.2) is 53.1 Å². The lowest BCUT2D eigenvalue weighted by molar-refractivity contribution is 0.244. The first-order valence-corrected chi connectivity index (χ1v) is 8.26. The summed E-state index contributed by atoms with van der Waals surface area (Å²) >= 11 is 0. The number of aryl methyl sites for hydroxylation is 1. The van der Waals surface area contributed by atoms with Gasteiger partial charge >= 0.3 is 6.03 Å². The molecule has 0 unspecified atom stereocenters. The van der Waals surface area contributed by atoms with Gasteiger partial charge in [0, 0.05) is 23.7 Å². The van der Waals surface area contributed by atoms with Crippen LogP contribution in [-0.2, 0) is 0 Å². The van der Waals surface area contributed by atoms with Gasteiger partial charge in [-0.2, -0.15) is 0 Å². The Morgan fingerprint density at radius 2 is 2.04 bits per heavy atom. The quantitative estimate of drug-likeness (QED) is 0.638. The molecule has 3 rings (SSSR count). The predicted octanol–water partition coefficient (Wildman–Crippen LogP) is 3.77. The summed E-state index contributed by atoms with van der Waals surface area (Å²) < 4.78 is 5.22. The molecule has 0 spiro atoms. The number of aliphatic hydroxyl groups is 1. The molecule has 0 aliphatic rings. The Bertz CT molecular complexity index is 846. The molecule has 0 saturated heterocycles. The van der Waals surface area contributed by atoms with E-state index in [4.69, 9.17) is 9.63 Å². The van der Waals surface area contributed by atoms with Gasteiger partial charge in [0.2, 0.25) is 0 Å². The molecular formula is C19H21N3O3. The van der Waals surface area contributed by atoms with Crippen molar-refractivity contribution in [1.29, 1.82) is 0 Å². The van der Waals surface area contributed by atoms with E-state index < -0.39 is 0 Å². The Morgan fingerprint density at radius 3 is 2.80 bits per heavy atom. The average Bonchev–Trinajstić information content (AvgIpc) is 3.00. The zero-order valence-electron chi connectivity index (χ0n) is 14.0. The topological polar surface area (TPSA) is 87.4 Å². The minimum absolute atomic E-state index is 0.0914. The second-order valence-electron chi connectivity index (χ2n) is 5.91. The number of rotatable bonds is 6. The van der Waals surface area contributed by atoms with Gasteiger partial charge in [0.1, 0.15) is 0 Å². The zero-order chi connectivity index (χ0) is 17.6. The van der Waals surface area contributed by atoms with Crippen molar-refractivity contribution < 1.29 is 14.4 Å². The fourth-order valence-electron chi connectivity index (χ4n) is 2.77. The molecule has 0 aliphatic heterocycles. The van der Waals surface area contributed by atoms with Crippen LogP contribution in [0.25, 0.3) is 11.0 Å². The lowest BCUT2D eigenvalue weighted by atomic mass is 10.0. The van der Waals surface area contributed by atoms with Gasteiger partial charge in [0.15, 0.2) is 5.58 Å². The van der Waals surface area contributed by atoms with Crippen LogP contribution >= 0.6 is 0 Å². The van der Waals surface area contributed by atoms with Crippen molar-refractivity contribution in [2.75, 3.05) is 11.9 Å². The lowest BCUT2D eigenvalue weighted by Crippen LogP contribution is -2.32. The maximum atomic E-state index is 12.4. The number of nitrogens with zero attached hydrogens (tertiary/aromatic N) is 1. The summed E-state index contributed by atoms with van der Waals surface area (Å²) in [6, 6.07) is 14.7. The number of benzene rings is 2. The summed E-state index contributed by atoms with van der Waals surface area (Å²) in [6.45, 7) is 1.96. The second kappa shape index (κ2) is 7.81. The third kappa shape index (κ3) is 4.16. The molecular weight excluding hydrogens is 318 g/mol. The molecule has 0 bridgehead atoms. The van der Waals surface area contributed by atoms with Crippen molar-refractivity contribution >= 4 is 22.7 Å². The van der Waals surface area contributed by atoms with Gasteiger partial charge in [-0.3, -0.25) is 0 Å². The van der Waals surface area contributed by atoms with Gasteiger partial charge in [0.05, 0.1) is 11.7 Å². The molecule has 130 valence electrons. The number of carbonyl (C=O) groups excluding carboxylic acids is 1. The second-order valence-corrected chi connectivity index (χ2v) is 5.91. The molecule has 1 heterocycles. The van der Waals surface area contributed by atoms with Gasteiger partial charge in [-0.15, -0.1) is 0 Å². The number of nitrogens with one attached hydrogen (secondary N) is 2. The van der Waals surface area contributed by atoms with Gasteiger partial charge in [-0.25, -0.2) is 4.79 Å². The molecule has 25 heavy (non-hydrogen) atoms. The van der Waals surface area contributed by atoms with Gasteiger partial charge in [-0.05, 0) is 37.5 Å². The third-order valence-corrected chi connectivity index (χ3v) is 4.07. The van der Waals surface area contributed by atoms with Crippen molar-refractivity contribution in [3.8, 4) is 0 Å². The van der Waals surface area contributed by atoms with Crippen molar-refractivity contribution in [3.05, 3.63) is 59.8 Å². The molecule has 0 radical (unpaired) electrons. The molecule has 2 aromatic carbocycles. The van der Waals surface area contributed by atoms with E-state index in [0.717, 1.165) is 16.6 Å². The van der Waals surface area contributed by atoms with Crippen LogP contribution in [0.1, 0.15) is 30.1 Å². The fourth-order valence-corrected chi connectivity index (χ4v) is 2.77. The van der Waals surface area contributed by atoms with E-state index >= 15 is 0 Å². The molecule has 0 fully saturated rings. The first-order valence-electron chi connectivity index (χ1n) is 8.26. The van der Waals surface area contributed by atoms with Crippen molar-refractivity contribution in [2.45, 2.75) is 25.8 Å². The van der Waals surface area contributed by atoms with E-state index in [1.165, 1.54) is 0 Å². The summed E-state index contributed by atoms with van der Waals surface area (Å²) in [5.41, 5.74) is 3.09. The highest BCUT2D eigenvalue weighted by Gasteiger charge is 2.14. The maximum absolute atomic E-state index is 12.4. The Balaban J connectivity index is 1.69. The largest absolute Gasteiger partial charge is 0.396 e. The van der Waals surface area contributed by atoms with Gasteiger partial charge in [0.25, 0.3) is 0 Å². The number of aliphatic hydroxyl groups excluding tert-OH is 1. The van der Waals surface area contributed by atoms with Gasteiger partial charge in [-0.1, -0.05) is 35.5 Å². The minimum Gasteiger partial charge on any atom is -0.396 e. The Hall–Kier alpha value is -2.86. The molecule has 1 aromatic heterocycles. The molecule has 6 heteroatoms. The van der Waals surface area contributed by atoms with Crippen LogP contribution in [-0.4, -0.2) is 22.9 Å². The molecule has 0 aliphatic carbocycles. The predicted molar refractivity (Wildman–Crippen MR) is 96.4 cm³/mol. The molecule has 3 N–H and O–H groups in total. The van der Waals surface area contributed by atoms with Crippen LogP contribution in [0.5, 0.6) is 0 Å². The van der Waals surface area contributed by atoms with Crippen molar-refractivity contribution in [3.63, 3.8) is 0 Å². The Labute approximate surface area is 145 Å². The van der Waals surface area contributed by atoms with Crippen molar-refractivity contribution in [2.24, 2.45) is 0 Å². The number of carbonyl (C=O) groups is 1. The summed E-state index contributed by atoms with van der Waals surface area (Å²) in [4.78, 5) is 12.4. The molecule has 3 aromatic rings. The average molecular weight is 339 g/mol. The Kier molecular flexibility index (Phi) is 5.30. The summed E-state index contributed by atoms with van der Waals surface area (Å²) in [5, 5.41) is 19.7. The van der Waals surface area contributed by atoms with Crippen LogP contribution in [0.4, 0.5) is 10.5 Å². The normalized spacial score (nSPS) is 12.1. The van der Waals surface area contributed by atoms with E-state index in [1.807, 2.05) is 49.4 Å². The molecule has 1 atom stereocenters. The summed E-state index contributed by atoms with van der Waals surface area (Å²) in [5.74, 6) is 0. The number of fused-ring (bicyclic) bond motifs is 1. The van der Waals surface area contributed by atoms with E-state index in [1.54, 1.807) is 6.07 Å². The molecule has 0 saturated carbocycles. The summed E-state index contributed by atoms with van der Waals surface area (Å²) in [6.07, 6.45) is 1.28. The number of urea groups is 1. The van der Waals surface area contributed by atoms with E-state index in [-0.39, 0.29) is 18.7 Å². The maximum Gasteiger partial charge on any atom is 0.319 e. The number of hydrogen-bond donors (Lipinski definition) is 3. The van der Waals surface area contributed by atoms with Crippen LogP contribution in [0.3, 0.4) is 0 Å². The smallest absolute Gasteiger partial charge is 0.319 e. The number of amides is 2. The fraction of sp³-hybridized carbons (Fsp3) is 0.263. The van der Waals surface area contributed by atoms with Crippen LogP contribution in [0, 0.1) is 6.92 Å². The highest BCUT2D eigenvalue weighted by molar-refractivity contribution is 5.92. The monoisotopic (exact) mass is 339 g/mol. The van der Waals surface area contributed by atoms with E-state index in [9.17, 15) is 4.79 Å². The standard InChI is InChI=1S/C19H21N3O3/c1-13-16-10-9-15(12-18(16)25-22-13)20-19(24)21-17(8-5-11-23)14-6-3-2-4-7-14/h2-4,6-7,9-10,12,17,23H,5,8,11H2,1H3,(H2,20,21,24)/t17-/m0/s1. The van der Waals surface area contributed by atoms with E-state index in [0.29, 0.717) is 24.1 Å². The first-order chi connectivity index (χ1) is 12.2. The third-order valence-electron chi connectivity index (χ3n) is 4.07. The highest BCUT2D eigenvalue weighted by Crippen LogP contribution is 2.22. The van der Waals surface area contributed by atoms with Gasteiger partial charge < -0.3 is 20.3 Å². The van der Waals surface area contributed by atoms with Crippen molar-refractivity contribution in [1.82, 2.24) is 10.5 Å². The zero-order valence-corrected chi connectivity index (χ0v) is 14.0. The first kappa shape index (κ1) is 17.0. The SMILES string of the molecule is Cc1noc2cc(NC(=O)N[C@@H](CCCO)c3ccccc3)ccc12. The minimum atomic E-state index is -0.303. The molecule has 6 nitrogen and oxygen atoms in total. The Morgan fingerprint density at radius 1 is 1.24 bits per heavy atom. The van der Waals surface area contributed by atoms with Crippen LogP contribution < -0.4 is 10.6 Å². The molecule has 2 amide bonds. The number of hydrogen-bond acceptors (Lipinski definition) is 4. The highest BCUT2D eigenvalue weighted by atomic mass is 16.5. The number of anilines is 1.